The Morgan fingerprint density at radius 2 is 2.20 bits per heavy atom. The van der Waals surface area contributed by atoms with Gasteiger partial charge in [0, 0.05) is 25.6 Å². The molecule has 3 heteroatoms. The van der Waals surface area contributed by atoms with Crippen molar-refractivity contribution in [2.45, 2.75) is 38.6 Å². The van der Waals surface area contributed by atoms with Gasteiger partial charge in [0.05, 0.1) is 0 Å². The van der Waals surface area contributed by atoms with Crippen LogP contribution in [0.5, 0.6) is 0 Å². The first-order valence-electron chi connectivity index (χ1n) is 5.79. The maximum absolute atomic E-state index is 11.7. The van der Waals surface area contributed by atoms with Gasteiger partial charge in [-0.3, -0.25) is 4.79 Å². The van der Waals surface area contributed by atoms with Gasteiger partial charge in [0.2, 0.25) is 5.91 Å². The van der Waals surface area contributed by atoms with Crippen LogP contribution in [-0.2, 0) is 4.79 Å². The number of hydrogen-bond donors (Lipinski definition) is 1. The molecule has 0 bridgehead atoms. The molecule has 2 N–H and O–H groups in total. The molecule has 15 heavy (non-hydrogen) atoms. The average molecular weight is 210 g/mol. The molecule has 3 nitrogen and oxygen atoms in total. The van der Waals surface area contributed by atoms with Crippen molar-refractivity contribution in [3.63, 3.8) is 0 Å². The molecule has 1 atom stereocenters. The fourth-order valence-corrected chi connectivity index (χ4v) is 2.06. The molecule has 0 aliphatic carbocycles. The molecular formula is C12H22N2O. The van der Waals surface area contributed by atoms with Crippen molar-refractivity contribution in [3.8, 4) is 0 Å². The van der Waals surface area contributed by atoms with Crippen molar-refractivity contribution in [2.75, 3.05) is 13.1 Å². The SMILES string of the molecule is C=CCCC(=O)N1CCC(C(C)N)CC1. The van der Waals surface area contributed by atoms with Crippen LogP contribution < -0.4 is 5.73 Å². The average Bonchev–Trinajstić information content (AvgIpc) is 2.26. The van der Waals surface area contributed by atoms with Crippen molar-refractivity contribution >= 4 is 5.91 Å². The summed E-state index contributed by atoms with van der Waals surface area (Å²) in [6.07, 6.45) is 5.29. The van der Waals surface area contributed by atoms with Crippen molar-refractivity contribution in [1.82, 2.24) is 4.90 Å². The van der Waals surface area contributed by atoms with Gasteiger partial charge in [0.1, 0.15) is 0 Å². The van der Waals surface area contributed by atoms with Crippen LogP contribution in [-0.4, -0.2) is 29.9 Å². The smallest absolute Gasteiger partial charge is 0.222 e. The lowest BCUT2D eigenvalue weighted by Gasteiger charge is -2.33. The minimum Gasteiger partial charge on any atom is -0.343 e. The van der Waals surface area contributed by atoms with Crippen molar-refractivity contribution < 1.29 is 4.79 Å². The number of nitrogens with two attached hydrogens (primary N) is 1. The molecule has 1 heterocycles. The van der Waals surface area contributed by atoms with Crippen molar-refractivity contribution in [3.05, 3.63) is 12.7 Å². The molecule has 86 valence electrons. The Bertz CT molecular complexity index is 218. The highest BCUT2D eigenvalue weighted by molar-refractivity contribution is 5.76. The predicted octanol–water partition coefficient (Wildman–Crippen LogP) is 1.54. The second kappa shape index (κ2) is 5.91. The maximum atomic E-state index is 11.7. The molecule has 0 radical (unpaired) electrons. The first-order valence-corrected chi connectivity index (χ1v) is 5.79. The molecular weight excluding hydrogens is 188 g/mol. The lowest BCUT2D eigenvalue weighted by molar-refractivity contribution is -0.132. The van der Waals surface area contributed by atoms with Gasteiger partial charge in [-0.15, -0.1) is 6.58 Å². The molecule has 0 aromatic heterocycles. The van der Waals surface area contributed by atoms with Gasteiger partial charge in [-0.05, 0) is 32.1 Å². The van der Waals surface area contributed by atoms with E-state index in [1.165, 1.54) is 0 Å². The first kappa shape index (κ1) is 12.2. The molecule has 1 unspecified atom stereocenters. The maximum Gasteiger partial charge on any atom is 0.222 e. The monoisotopic (exact) mass is 210 g/mol. The van der Waals surface area contributed by atoms with E-state index < -0.39 is 0 Å². The summed E-state index contributed by atoms with van der Waals surface area (Å²) in [5, 5.41) is 0. The van der Waals surface area contributed by atoms with E-state index in [4.69, 9.17) is 5.73 Å². The molecule has 0 spiro atoms. The summed E-state index contributed by atoms with van der Waals surface area (Å²) in [6.45, 7) is 7.44. The van der Waals surface area contributed by atoms with Gasteiger partial charge in [-0.25, -0.2) is 0 Å². The van der Waals surface area contributed by atoms with E-state index in [0.717, 1.165) is 32.4 Å². The summed E-state index contributed by atoms with van der Waals surface area (Å²) in [7, 11) is 0. The second-order valence-corrected chi connectivity index (χ2v) is 4.40. The van der Waals surface area contributed by atoms with Gasteiger partial charge in [0.25, 0.3) is 0 Å². The summed E-state index contributed by atoms with van der Waals surface area (Å²) in [5.41, 5.74) is 5.85. The quantitative estimate of drug-likeness (QED) is 0.715. The van der Waals surface area contributed by atoms with E-state index >= 15 is 0 Å². The van der Waals surface area contributed by atoms with Crippen LogP contribution in [0.15, 0.2) is 12.7 Å². The first-order chi connectivity index (χ1) is 7.15. The fourth-order valence-electron chi connectivity index (χ4n) is 2.06. The minimum atomic E-state index is 0.260. The third-order valence-corrected chi connectivity index (χ3v) is 3.20. The van der Waals surface area contributed by atoms with Crippen molar-refractivity contribution in [2.24, 2.45) is 11.7 Å². The molecule has 1 aliphatic rings. The molecule has 1 amide bonds. The number of amides is 1. The van der Waals surface area contributed by atoms with Crippen LogP contribution >= 0.6 is 0 Å². The number of rotatable bonds is 4. The zero-order chi connectivity index (χ0) is 11.3. The topological polar surface area (TPSA) is 46.3 Å². The molecule has 0 aromatic carbocycles. The Morgan fingerprint density at radius 3 is 2.67 bits per heavy atom. The Kier molecular flexibility index (Phi) is 4.82. The van der Waals surface area contributed by atoms with E-state index in [1.54, 1.807) is 6.08 Å². The fraction of sp³-hybridized carbons (Fsp3) is 0.750. The van der Waals surface area contributed by atoms with E-state index in [9.17, 15) is 4.79 Å². The summed E-state index contributed by atoms with van der Waals surface area (Å²) < 4.78 is 0. The van der Waals surface area contributed by atoms with Gasteiger partial charge in [-0.1, -0.05) is 6.08 Å². The lowest BCUT2D eigenvalue weighted by atomic mass is 9.91. The minimum absolute atomic E-state index is 0.260. The molecule has 1 rings (SSSR count). The normalized spacial score (nSPS) is 20.0. The van der Waals surface area contributed by atoms with Crippen molar-refractivity contribution in [1.29, 1.82) is 0 Å². The number of carbonyl (C=O) groups excluding carboxylic acids is 1. The molecule has 1 saturated heterocycles. The van der Waals surface area contributed by atoms with Gasteiger partial charge in [-0.2, -0.15) is 0 Å². The third-order valence-electron chi connectivity index (χ3n) is 3.20. The largest absolute Gasteiger partial charge is 0.343 e. The van der Waals surface area contributed by atoms with Crippen LogP contribution in [0.4, 0.5) is 0 Å². The molecule has 0 saturated carbocycles. The Balaban J connectivity index is 2.30. The van der Waals surface area contributed by atoms with Gasteiger partial charge >= 0.3 is 0 Å². The summed E-state index contributed by atoms with van der Waals surface area (Å²) >= 11 is 0. The standard InChI is InChI=1S/C12H22N2O/c1-3-4-5-12(15)14-8-6-11(7-9-14)10(2)13/h3,10-11H,1,4-9,13H2,2H3. The molecule has 1 fully saturated rings. The second-order valence-electron chi connectivity index (χ2n) is 4.40. The Labute approximate surface area is 92.3 Å². The van der Waals surface area contributed by atoms with E-state index in [0.29, 0.717) is 12.3 Å². The number of hydrogen-bond acceptors (Lipinski definition) is 2. The summed E-state index contributed by atoms with van der Waals surface area (Å²) in [6, 6.07) is 0.260. The highest BCUT2D eigenvalue weighted by atomic mass is 16.2. The van der Waals surface area contributed by atoms with Gasteiger partial charge < -0.3 is 10.6 Å². The highest BCUT2D eigenvalue weighted by Gasteiger charge is 2.23. The summed E-state index contributed by atoms with van der Waals surface area (Å²) in [4.78, 5) is 13.6. The van der Waals surface area contributed by atoms with E-state index in [1.807, 2.05) is 4.90 Å². The number of carbonyl (C=O) groups is 1. The Hall–Kier alpha value is -0.830. The van der Waals surface area contributed by atoms with Crippen LogP contribution in [0.2, 0.25) is 0 Å². The number of piperidine rings is 1. The predicted molar refractivity (Wildman–Crippen MR) is 62.4 cm³/mol. The lowest BCUT2D eigenvalue weighted by Crippen LogP contribution is -2.42. The van der Waals surface area contributed by atoms with Crippen LogP contribution in [0.1, 0.15) is 32.6 Å². The highest BCUT2D eigenvalue weighted by Crippen LogP contribution is 2.20. The number of likely N-dealkylation sites (tertiary alicyclic amines) is 1. The van der Waals surface area contributed by atoms with Crippen LogP contribution in [0, 0.1) is 5.92 Å². The zero-order valence-electron chi connectivity index (χ0n) is 9.61. The number of nitrogens with zero attached hydrogens (tertiary/aromatic N) is 1. The zero-order valence-corrected chi connectivity index (χ0v) is 9.61. The van der Waals surface area contributed by atoms with E-state index in [-0.39, 0.29) is 11.9 Å². The Morgan fingerprint density at radius 1 is 1.60 bits per heavy atom. The molecule has 1 aliphatic heterocycles. The summed E-state index contributed by atoms with van der Waals surface area (Å²) in [5.74, 6) is 0.853. The van der Waals surface area contributed by atoms with E-state index in [2.05, 4.69) is 13.5 Å². The van der Waals surface area contributed by atoms with Gasteiger partial charge in [0.15, 0.2) is 0 Å². The third kappa shape index (κ3) is 3.67. The molecule has 0 aromatic rings. The van der Waals surface area contributed by atoms with Crippen LogP contribution in [0.3, 0.4) is 0 Å². The van der Waals surface area contributed by atoms with Crippen LogP contribution in [0.25, 0.3) is 0 Å². The number of allylic oxidation sites excluding steroid dienone is 1.